The van der Waals surface area contributed by atoms with Gasteiger partial charge in [-0.25, -0.2) is 4.98 Å². The number of hydrogen-bond acceptors (Lipinski definition) is 6. The number of rotatable bonds is 4. The summed E-state index contributed by atoms with van der Waals surface area (Å²) in [5, 5.41) is 12.5. The van der Waals surface area contributed by atoms with E-state index in [0.717, 1.165) is 45.1 Å². The van der Waals surface area contributed by atoms with Gasteiger partial charge in [-0.3, -0.25) is 9.58 Å². The molecule has 0 N–H and O–H groups in total. The van der Waals surface area contributed by atoms with Gasteiger partial charge in [0.15, 0.2) is 5.82 Å². The van der Waals surface area contributed by atoms with Crippen LogP contribution in [-0.2, 0) is 6.54 Å². The molecule has 1 aliphatic heterocycles. The number of nitrogens with zero attached hydrogens (tertiary/aromatic N) is 7. The molecule has 0 saturated carbocycles. The van der Waals surface area contributed by atoms with Crippen LogP contribution in [0.3, 0.4) is 0 Å². The normalized spacial score (nSPS) is 16.4. The zero-order valence-electron chi connectivity index (χ0n) is 12.6. The van der Waals surface area contributed by atoms with Gasteiger partial charge in [0.1, 0.15) is 12.7 Å². The molecular weight excluding hydrogens is 266 g/mol. The Morgan fingerprint density at radius 2 is 1.90 bits per heavy atom. The van der Waals surface area contributed by atoms with Gasteiger partial charge in [0.25, 0.3) is 0 Å². The van der Waals surface area contributed by atoms with Crippen LogP contribution in [0.25, 0.3) is 0 Å². The predicted octanol–water partition coefficient (Wildman–Crippen LogP) is 0.507. The van der Waals surface area contributed by atoms with E-state index >= 15 is 0 Å². The van der Waals surface area contributed by atoms with E-state index in [-0.39, 0.29) is 0 Å². The van der Waals surface area contributed by atoms with Gasteiger partial charge < -0.3 is 4.90 Å². The number of aromatic nitrogens is 5. The van der Waals surface area contributed by atoms with E-state index < -0.39 is 0 Å². The average Bonchev–Trinajstić information content (AvgIpc) is 3.02. The fraction of sp³-hybridized carbons (Fsp3) is 0.571. The van der Waals surface area contributed by atoms with E-state index in [1.54, 1.807) is 12.7 Å². The van der Waals surface area contributed by atoms with Gasteiger partial charge in [-0.1, -0.05) is 0 Å². The molecule has 2 aromatic rings. The molecule has 112 valence electrons. The predicted molar refractivity (Wildman–Crippen MR) is 80.2 cm³/mol. The molecule has 0 amide bonds. The summed E-state index contributed by atoms with van der Waals surface area (Å²) in [5.41, 5.74) is 2.44. The van der Waals surface area contributed by atoms with Crippen molar-refractivity contribution in [3.05, 3.63) is 30.0 Å². The third kappa shape index (κ3) is 3.18. The highest BCUT2D eigenvalue weighted by atomic mass is 15.3. The maximum Gasteiger partial charge on any atom is 0.154 e. The highest BCUT2D eigenvalue weighted by Crippen LogP contribution is 2.19. The van der Waals surface area contributed by atoms with E-state index in [2.05, 4.69) is 43.9 Å². The summed E-state index contributed by atoms with van der Waals surface area (Å²) in [6, 6.07) is 0. The minimum atomic E-state index is 0.892. The van der Waals surface area contributed by atoms with Crippen molar-refractivity contribution in [2.45, 2.75) is 20.4 Å². The number of hydrogen-bond donors (Lipinski definition) is 0. The number of aryl methyl sites for hydroxylation is 1. The van der Waals surface area contributed by atoms with Crippen molar-refractivity contribution in [1.29, 1.82) is 0 Å². The number of piperazine rings is 1. The summed E-state index contributed by atoms with van der Waals surface area (Å²) in [4.78, 5) is 8.76. The second kappa shape index (κ2) is 6.17. The molecule has 0 aliphatic carbocycles. The van der Waals surface area contributed by atoms with Crippen molar-refractivity contribution in [3.63, 3.8) is 0 Å². The molecule has 7 nitrogen and oxygen atoms in total. The van der Waals surface area contributed by atoms with Gasteiger partial charge in [0.05, 0.1) is 12.7 Å². The van der Waals surface area contributed by atoms with E-state index in [0.29, 0.717) is 0 Å². The van der Waals surface area contributed by atoms with Gasteiger partial charge >= 0.3 is 0 Å². The monoisotopic (exact) mass is 287 g/mol. The zero-order valence-corrected chi connectivity index (χ0v) is 12.6. The third-order valence-corrected chi connectivity index (χ3v) is 4.11. The standard InChI is InChI=1S/C14H21N7/c1-12-9-16-18-14(13(12)2)20-6-3-19(4-7-20)5-8-21-11-15-10-17-21/h9-11H,3-8H2,1-2H3. The van der Waals surface area contributed by atoms with Crippen molar-refractivity contribution in [3.8, 4) is 0 Å². The highest BCUT2D eigenvalue weighted by molar-refractivity contribution is 5.48. The molecule has 7 heteroatoms. The lowest BCUT2D eigenvalue weighted by molar-refractivity contribution is 0.243. The lowest BCUT2D eigenvalue weighted by Gasteiger charge is -2.35. The molecule has 21 heavy (non-hydrogen) atoms. The van der Waals surface area contributed by atoms with Crippen LogP contribution in [0.4, 0.5) is 5.82 Å². The molecule has 0 atom stereocenters. The molecule has 0 spiro atoms. The van der Waals surface area contributed by atoms with Gasteiger partial charge in [0.2, 0.25) is 0 Å². The van der Waals surface area contributed by atoms with Gasteiger partial charge in [-0.05, 0) is 25.0 Å². The van der Waals surface area contributed by atoms with Gasteiger partial charge in [-0.15, -0.1) is 5.10 Å². The van der Waals surface area contributed by atoms with E-state index in [1.807, 2.05) is 10.9 Å². The first-order chi connectivity index (χ1) is 10.2. The second-order valence-corrected chi connectivity index (χ2v) is 5.46. The van der Waals surface area contributed by atoms with Crippen LogP contribution < -0.4 is 4.90 Å². The Kier molecular flexibility index (Phi) is 4.10. The van der Waals surface area contributed by atoms with Crippen molar-refractivity contribution in [1.82, 2.24) is 29.9 Å². The minimum Gasteiger partial charge on any atom is -0.352 e. The zero-order chi connectivity index (χ0) is 14.7. The van der Waals surface area contributed by atoms with Crippen LogP contribution in [-0.4, -0.2) is 62.6 Å². The largest absolute Gasteiger partial charge is 0.352 e. The Morgan fingerprint density at radius 1 is 1.10 bits per heavy atom. The van der Waals surface area contributed by atoms with Crippen molar-refractivity contribution in [2.75, 3.05) is 37.6 Å². The fourth-order valence-electron chi connectivity index (χ4n) is 2.59. The first kappa shape index (κ1) is 13.9. The fourth-order valence-corrected chi connectivity index (χ4v) is 2.59. The van der Waals surface area contributed by atoms with Crippen molar-refractivity contribution in [2.24, 2.45) is 0 Å². The van der Waals surface area contributed by atoms with Crippen LogP contribution in [0, 0.1) is 13.8 Å². The van der Waals surface area contributed by atoms with E-state index in [9.17, 15) is 0 Å². The Labute approximate surface area is 124 Å². The molecule has 1 saturated heterocycles. The summed E-state index contributed by atoms with van der Waals surface area (Å²) in [6.45, 7) is 10.2. The molecule has 0 aromatic carbocycles. The maximum atomic E-state index is 4.31. The maximum absolute atomic E-state index is 4.31. The first-order valence-corrected chi connectivity index (χ1v) is 7.32. The Morgan fingerprint density at radius 3 is 2.62 bits per heavy atom. The van der Waals surface area contributed by atoms with E-state index in [4.69, 9.17) is 0 Å². The number of anilines is 1. The van der Waals surface area contributed by atoms with E-state index in [1.165, 1.54) is 11.1 Å². The highest BCUT2D eigenvalue weighted by Gasteiger charge is 2.20. The van der Waals surface area contributed by atoms with Crippen molar-refractivity contribution >= 4 is 5.82 Å². The molecule has 3 rings (SSSR count). The molecule has 3 heterocycles. The molecule has 1 fully saturated rings. The Bertz CT molecular complexity index is 573. The lowest BCUT2D eigenvalue weighted by Crippen LogP contribution is -2.47. The topological polar surface area (TPSA) is 63.0 Å². The van der Waals surface area contributed by atoms with Crippen LogP contribution in [0.2, 0.25) is 0 Å². The van der Waals surface area contributed by atoms with Crippen molar-refractivity contribution < 1.29 is 0 Å². The second-order valence-electron chi connectivity index (χ2n) is 5.46. The summed E-state index contributed by atoms with van der Waals surface area (Å²) < 4.78 is 1.88. The average molecular weight is 287 g/mol. The third-order valence-electron chi connectivity index (χ3n) is 4.11. The molecule has 1 aliphatic rings. The molecule has 2 aromatic heterocycles. The van der Waals surface area contributed by atoms with Crippen LogP contribution in [0.15, 0.2) is 18.9 Å². The first-order valence-electron chi connectivity index (χ1n) is 7.32. The smallest absolute Gasteiger partial charge is 0.154 e. The summed E-state index contributed by atoms with van der Waals surface area (Å²) in [6.07, 6.45) is 5.17. The molecular formula is C14H21N7. The Balaban J connectivity index is 1.54. The lowest BCUT2D eigenvalue weighted by atomic mass is 10.2. The molecule has 0 unspecified atom stereocenters. The summed E-state index contributed by atoms with van der Waals surface area (Å²) in [7, 11) is 0. The Hall–Kier alpha value is -2.02. The molecule has 0 bridgehead atoms. The summed E-state index contributed by atoms with van der Waals surface area (Å²) >= 11 is 0. The summed E-state index contributed by atoms with van der Waals surface area (Å²) in [5.74, 6) is 1.03. The minimum absolute atomic E-state index is 0.892. The SMILES string of the molecule is Cc1cnnc(N2CCN(CCn3cncn3)CC2)c1C. The van der Waals surface area contributed by atoms with Gasteiger partial charge in [0, 0.05) is 32.7 Å². The van der Waals surface area contributed by atoms with Gasteiger partial charge in [-0.2, -0.15) is 10.2 Å². The quantitative estimate of drug-likeness (QED) is 0.816. The van der Waals surface area contributed by atoms with Crippen LogP contribution >= 0.6 is 0 Å². The van der Waals surface area contributed by atoms with Crippen LogP contribution in [0.5, 0.6) is 0 Å². The van der Waals surface area contributed by atoms with Crippen LogP contribution in [0.1, 0.15) is 11.1 Å². The molecule has 0 radical (unpaired) electrons.